The number of hydrogen-bond acceptors (Lipinski definition) is 3. The Kier molecular flexibility index (Phi) is 4.28. The highest BCUT2D eigenvalue weighted by Crippen LogP contribution is 2.09. The van der Waals surface area contributed by atoms with E-state index in [1.54, 1.807) is 36.7 Å². The monoisotopic (exact) mass is 270 g/mol. The molecule has 0 fully saturated rings. The van der Waals surface area contributed by atoms with Gasteiger partial charge in [-0.2, -0.15) is 0 Å². The molecule has 6 heteroatoms. The van der Waals surface area contributed by atoms with Crippen LogP contribution in [0.3, 0.4) is 0 Å². The third-order valence-electron chi connectivity index (χ3n) is 2.58. The number of rotatable bonds is 4. The van der Waals surface area contributed by atoms with Gasteiger partial charge in [0.2, 0.25) is 5.91 Å². The molecule has 0 bridgehead atoms. The summed E-state index contributed by atoms with van der Waals surface area (Å²) in [6.07, 6.45) is 3.34. The summed E-state index contributed by atoms with van der Waals surface area (Å²) in [5.41, 5.74) is 6.92. The zero-order valence-electron chi connectivity index (χ0n) is 10.7. The number of urea groups is 1. The SMILES string of the molecule is NC(=O)c1cccc(NC(=O)NCc2cccnc2)c1. The number of nitrogens with zero attached hydrogens (tertiary/aromatic N) is 1. The van der Waals surface area contributed by atoms with Gasteiger partial charge < -0.3 is 16.4 Å². The first-order valence-corrected chi connectivity index (χ1v) is 5.99. The van der Waals surface area contributed by atoms with Gasteiger partial charge in [-0.25, -0.2) is 4.79 Å². The fourth-order valence-electron chi connectivity index (χ4n) is 1.61. The first kappa shape index (κ1) is 13.5. The first-order valence-electron chi connectivity index (χ1n) is 5.99. The van der Waals surface area contributed by atoms with Crippen LogP contribution in [-0.4, -0.2) is 16.9 Å². The van der Waals surface area contributed by atoms with Crippen LogP contribution in [0.1, 0.15) is 15.9 Å². The van der Waals surface area contributed by atoms with Crippen LogP contribution >= 0.6 is 0 Å². The second-order valence-electron chi connectivity index (χ2n) is 4.11. The minimum Gasteiger partial charge on any atom is -0.366 e. The molecule has 2 rings (SSSR count). The van der Waals surface area contributed by atoms with Crippen LogP contribution in [0, 0.1) is 0 Å². The molecule has 0 aliphatic heterocycles. The molecule has 0 radical (unpaired) electrons. The van der Waals surface area contributed by atoms with Crippen LogP contribution in [0.4, 0.5) is 10.5 Å². The molecule has 0 aliphatic rings. The van der Waals surface area contributed by atoms with Crippen LogP contribution in [0.5, 0.6) is 0 Å². The van der Waals surface area contributed by atoms with Crippen LogP contribution in [-0.2, 0) is 6.54 Å². The zero-order chi connectivity index (χ0) is 14.4. The maximum atomic E-state index is 11.7. The zero-order valence-corrected chi connectivity index (χ0v) is 10.7. The summed E-state index contributed by atoms with van der Waals surface area (Å²) in [6, 6.07) is 9.72. The fourth-order valence-corrected chi connectivity index (χ4v) is 1.61. The summed E-state index contributed by atoms with van der Waals surface area (Å²) in [7, 11) is 0. The third kappa shape index (κ3) is 3.81. The van der Waals surface area contributed by atoms with Crippen molar-refractivity contribution in [1.82, 2.24) is 10.3 Å². The lowest BCUT2D eigenvalue weighted by atomic mass is 10.2. The molecule has 6 nitrogen and oxygen atoms in total. The topological polar surface area (TPSA) is 97.1 Å². The molecule has 0 unspecified atom stereocenters. The standard InChI is InChI=1S/C14H14N4O2/c15-13(19)11-4-1-5-12(7-11)18-14(20)17-9-10-3-2-6-16-8-10/h1-8H,9H2,(H2,15,19)(H2,17,18,20). The van der Waals surface area contributed by atoms with Crippen molar-refractivity contribution in [1.29, 1.82) is 0 Å². The van der Waals surface area contributed by atoms with E-state index in [4.69, 9.17) is 5.73 Å². The number of carbonyl (C=O) groups excluding carboxylic acids is 2. The lowest BCUT2D eigenvalue weighted by molar-refractivity contribution is 0.100. The normalized spacial score (nSPS) is 9.80. The molecule has 1 aromatic heterocycles. The summed E-state index contributed by atoms with van der Waals surface area (Å²) in [6.45, 7) is 0.370. The molecule has 2 aromatic rings. The quantitative estimate of drug-likeness (QED) is 0.785. The lowest BCUT2D eigenvalue weighted by Crippen LogP contribution is -2.28. The molecular weight excluding hydrogens is 256 g/mol. The van der Waals surface area contributed by atoms with Crippen LogP contribution in [0.15, 0.2) is 48.8 Å². The molecule has 0 spiro atoms. The molecule has 0 aliphatic carbocycles. The Hall–Kier alpha value is -2.89. The van der Waals surface area contributed by atoms with E-state index in [0.717, 1.165) is 5.56 Å². The maximum absolute atomic E-state index is 11.7. The number of primary amides is 1. The summed E-state index contributed by atoms with van der Waals surface area (Å²) >= 11 is 0. The van der Waals surface area contributed by atoms with Gasteiger partial charge in [0.1, 0.15) is 0 Å². The molecule has 0 atom stereocenters. The van der Waals surface area contributed by atoms with Gasteiger partial charge in [0, 0.05) is 30.2 Å². The van der Waals surface area contributed by atoms with Crippen molar-refractivity contribution in [2.75, 3.05) is 5.32 Å². The first-order chi connectivity index (χ1) is 9.65. The van der Waals surface area contributed by atoms with Crippen molar-refractivity contribution in [2.24, 2.45) is 5.73 Å². The molecule has 1 aromatic carbocycles. The Morgan fingerprint density at radius 2 is 2.05 bits per heavy atom. The highest BCUT2D eigenvalue weighted by Gasteiger charge is 2.04. The minimum atomic E-state index is -0.538. The molecule has 102 valence electrons. The van der Waals surface area contributed by atoms with Crippen LogP contribution in [0.2, 0.25) is 0 Å². The van der Waals surface area contributed by atoms with Gasteiger partial charge in [-0.05, 0) is 29.8 Å². The Morgan fingerprint density at radius 1 is 1.20 bits per heavy atom. The van der Waals surface area contributed by atoms with E-state index in [-0.39, 0.29) is 6.03 Å². The summed E-state index contributed by atoms with van der Waals surface area (Å²) in [5.74, 6) is -0.538. The Labute approximate surface area is 116 Å². The predicted molar refractivity (Wildman–Crippen MR) is 75.1 cm³/mol. The molecular formula is C14H14N4O2. The van der Waals surface area contributed by atoms with Crippen molar-refractivity contribution in [3.63, 3.8) is 0 Å². The van der Waals surface area contributed by atoms with Gasteiger partial charge in [0.15, 0.2) is 0 Å². The van der Waals surface area contributed by atoms with Crippen LogP contribution in [0.25, 0.3) is 0 Å². The average molecular weight is 270 g/mol. The average Bonchev–Trinajstić information content (AvgIpc) is 2.46. The number of nitrogens with one attached hydrogen (secondary N) is 2. The number of anilines is 1. The minimum absolute atomic E-state index is 0.343. The predicted octanol–water partition coefficient (Wildman–Crippen LogP) is 1.50. The number of amides is 3. The van der Waals surface area contributed by atoms with E-state index in [2.05, 4.69) is 15.6 Å². The number of nitrogens with two attached hydrogens (primary N) is 1. The van der Waals surface area contributed by atoms with Gasteiger partial charge in [-0.15, -0.1) is 0 Å². The fraction of sp³-hybridized carbons (Fsp3) is 0.0714. The number of hydrogen-bond donors (Lipinski definition) is 3. The van der Waals surface area contributed by atoms with E-state index in [1.165, 1.54) is 6.07 Å². The summed E-state index contributed by atoms with van der Waals surface area (Å²) in [4.78, 5) is 26.7. The molecule has 0 saturated carbocycles. The second-order valence-corrected chi connectivity index (χ2v) is 4.11. The Bertz CT molecular complexity index is 614. The van der Waals surface area contributed by atoms with E-state index >= 15 is 0 Å². The van der Waals surface area contributed by atoms with E-state index < -0.39 is 5.91 Å². The van der Waals surface area contributed by atoms with Gasteiger partial charge in [-0.1, -0.05) is 12.1 Å². The number of aromatic nitrogens is 1. The summed E-state index contributed by atoms with van der Waals surface area (Å²) in [5, 5.41) is 5.32. The lowest BCUT2D eigenvalue weighted by Gasteiger charge is -2.08. The van der Waals surface area contributed by atoms with Crippen molar-refractivity contribution in [2.45, 2.75) is 6.54 Å². The second kappa shape index (κ2) is 6.33. The Balaban J connectivity index is 1.91. The van der Waals surface area contributed by atoms with Crippen molar-refractivity contribution >= 4 is 17.6 Å². The van der Waals surface area contributed by atoms with E-state index in [9.17, 15) is 9.59 Å². The molecule has 1 heterocycles. The Morgan fingerprint density at radius 3 is 2.75 bits per heavy atom. The molecule has 0 saturated heterocycles. The largest absolute Gasteiger partial charge is 0.366 e. The van der Waals surface area contributed by atoms with Crippen molar-refractivity contribution < 1.29 is 9.59 Å². The highest BCUT2D eigenvalue weighted by atomic mass is 16.2. The molecule has 20 heavy (non-hydrogen) atoms. The number of pyridine rings is 1. The summed E-state index contributed by atoms with van der Waals surface area (Å²) < 4.78 is 0. The van der Waals surface area contributed by atoms with Gasteiger partial charge in [0.25, 0.3) is 0 Å². The van der Waals surface area contributed by atoms with Crippen molar-refractivity contribution in [3.8, 4) is 0 Å². The van der Waals surface area contributed by atoms with Gasteiger partial charge >= 0.3 is 6.03 Å². The van der Waals surface area contributed by atoms with Gasteiger partial charge in [0.05, 0.1) is 0 Å². The van der Waals surface area contributed by atoms with Crippen LogP contribution < -0.4 is 16.4 Å². The highest BCUT2D eigenvalue weighted by molar-refractivity contribution is 5.95. The van der Waals surface area contributed by atoms with Crippen molar-refractivity contribution in [3.05, 3.63) is 59.9 Å². The van der Waals surface area contributed by atoms with E-state index in [0.29, 0.717) is 17.8 Å². The third-order valence-corrected chi connectivity index (χ3v) is 2.58. The molecule has 4 N–H and O–H groups in total. The number of benzene rings is 1. The van der Waals surface area contributed by atoms with E-state index in [1.807, 2.05) is 6.07 Å². The smallest absolute Gasteiger partial charge is 0.319 e. The van der Waals surface area contributed by atoms with Gasteiger partial charge in [-0.3, -0.25) is 9.78 Å². The molecule has 3 amide bonds. The number of carbonyl (C=O) groups is 2. The maximum Gasteiger partial charge on any atom is 0.319 e.